The molecule has 1 aliphatic carbocycles. The van der Waals surface area contributed by atoms with E-state index >= 15 is 0 Å². The van der Waals surface area contributed by atoms with Crippen LogP contribution in [0.3, 0.4) is 0 Å². The maximum absolute atomic E-state index is 13.7. The van der Waals surface area contributed by atoms with Crippen molar-refractivity contribution in [1.29, 1.82) is 0 Å². The smallest absolute Gasteiger partial charge is 0.137 e. The number of benzene rings is 1. The number of hydrogen-bond donors (Lipinski definition) is 1. The third-order valence-electron chi connectivity index (χ3n) is 3.69. The molecule has 17 heavy (non-hydrogen) atoms. The van der Waals surface area contributed by atoms with Crippen LogP contribution in [-0.2, 0) is 0 Å². The Morgan fingerprint density at radius 1 is 1.29 bits per heavy atom. The zero-order chi connectivity index (χ0) is 12.6. The van der Waals surface area contributed by atoms with Gasteiger partial charge in [0.25, 0.3) is 0 Å². The highest BCUT2D eigenvalue weighted by Gasteiger charge is 2.32. The molecule has 0 amide bonds. The van der Waals surface area contributed by atoms with E-state index in [-0.39, 0.29) is 16.0 Å². The maximum Gasteiger partial charge on any atom is 0.137 e. The van der Waals surface area contributed by atoms with Gasteiger partial charge in [0.1, 0.15) is 11.6 Å². The molecule has 0 saturated heterocycles. The number of aliphatic hydroxyl groups excluding tert-OH is 1. The fraction of sp³-hybridized carbons (Fsp3) is 0.538. The molecule has 0 aromatic heterocycles. The lowest BCUT2D eigenvalue weighted by Crippen LogP contribution is -2.16. The van der Waals surface area contributed by atoms with Gasteiger partial charge < -0.3 is 5.11 Å². The first-order valence-electron chi connectivity index (χ1n) is 5.83. The summed E-state index contributed by atoms with van der Waals surface area (Å²) in [4.78, 5) is 0. The minimum absolute atomic E-state index is 0.0325. The molecule has 0 bridgehead atoms. The van der Waals surface area contributed by atoms with Crippen molar-refractivity contribution >= 4 is 15.9 Å². The Kier molecular flexibility index (Phi) is 3.83. The molecule has 0 radical (unpaired) electrons. The van der Waals surface area contributed by atoms with E-state index in [0.717, 1.165) is 31.4 Å². The molecule has 1 N–H and O–H groups in total. The van der Waals surface area contributed by atoms with E-state index < -0.39 is 17.7 Å². The molecule has 3 unspecified atom stereocenters. The van der Waals surface area contributed by atoms with Crippen LogP contribution in [0.2, 0.25) is 0 Å². The molecule has 0 spiro atoms. The lowest BCUT2D eigenvalue weighted by atomic mass is 9.88. The van der Waals surface area contributed by atoms with Gasteiger partial charge in [-0.1, -0.05) is 19.8 Å². The summed E-state index contributed by atoms with van der Waals surface area (Å²) in [5.74, 6) is -0.697. The predicted octanol–water partition coefficient (Wildman–Crippen LogP) is 4.20. The standard InChI is InChI=1S/C13H15BrF2O/c1-7-3-2-4-8(7)13(17)9-5-12(16)10(14)6-11(9)15/h5-8,13,17H,2-4H2,1H3. The van der Waals surface area contributed by atoms with Gasteiger partial charge in [0.05, 0.1) is 10.6 Å². The average molecular weight is 305 g/mol. The van der Waals surface area contributed by atoms with Gasteiger partial charge in [0.2, 0.25) is 0 Å². The second kappa shape index (κ2) is 5.02. The van der Waals surface area contributed by atoms with Crippen molar-refractivity contribution in [1.82, 2.24) is 0 Å². The fourth-order valence-corrected chi connectivity index (χ4v) is 2.95. The minimum atomic E-state index is -0.907. The Morgan fingerprint density at radius 2 is 2.00 bits per heavy atom. The van der Waals surface area contributed by atoms with E-state index in [1.165, 1.54) is 0 Å². The van der Waals surface area contributed by atoms with Crippen LogP contribution in [0.5, 0.6) is 0 Å². The second-order valence-corrected chi connectivity index (χ2v) is 5.66. The van der Waals surface area contributed by atoms with Crippen molar-refractivity contribution < 1.29 is 13.9 Å². The van der Waals surface area contributed by atoms with Crippen molar-refractivity contribution in [2.75, 3.05) is 0 Å². The summed E-state index contributed by atoms with van der Waals surface area (Å²) >= 11 is 2.93. The molecule has 1 aromatic rings. The molecule has 1 aromatic carbocycles. The van der Waals surface area contributed by atoms with Crippen LogP contribution < -0.4 is 0 Å². The summed E-state index contributed by atoms with van der Waals surface area (Å²) in [6, 6.07) is 2.17. The quantitative estimate of drug-likeness (QED) is 0.812. The summed E-state index contributed by atoms with van der Waals surface area (Å²) in [6.45, 7) is 2.05. The Labute approximate surface area is 108 Å². The third-order valence-corrected chi connectivity index (χ3v) is 4.30. The minimum Gasteiger partial charge on any atom is -0.388 e. The second-order valence-electron chi connectivity index (χ2n) is 4.80. The van der Waals surface area contributed by atoms with Gasteiger partial charge in [-0.2, -0.15) is 0 Å². The first-order chi connectivity index (χ1) is 8.00. The topological polar surface area (TPSA) is 20.2 Å². The SMILES string of the molecule is CC1CCCC1C(O)c1cc(F)c(Br)cc1F. The number of halogens is 3. The highest BCUT2D eigenvalue weighted by molar-refractivity contribution is 9.10. The van der Waals surface area contributed by atoms with Crippen LogP contribution in [0.15, 0.2) is 16.6 Å². The third kappa shape index (κ3) is 2.52. The summed E-state index contributed by atoms with van der Waals surface area (Å²) < 4.78 is 27.2. The molecule has 3 atom stereocenters. The maximum atomic E-state index is 13.7. The summed E-state index contributed by atoms with van der Waals surface area (Å²) in [5, 5.41) is 10.2. The van der Waals surface area contributed by atoms with Gasteiger partial charge in [-0.05, 0) is 46.3 Å². The first-order valence-corrected chi connectivity index (χ1v) is 6.62. The Morgan fingerprint density at radius 3 is 2.59 bits per heavy atom. The monoisotopic (exact) mass is 304 g/mol. The van der Waals surface area contributed by atoms with Gasteiger partial charge in [0.15, 0.2) is 0 Å². The molecule has 1 saturated carbocycles. The number of aliphatic hydroxyl groups is 1. The molecule has 2 rings (SSSR count). The summed E-state index contributed by atoms with van der Waals surface area (Å²) in [6.07, 6.45) is 2.06. The van der Waals surface area contributed by atoms with Crippen LogP contribution in [0, 0.1) is 23.5 Å². The van der Waals surface area contributed by atoms with Crippen LogP contribution in [-0.4, -0.2) is 5.11 Å². The Hall–Kier alpha value is -0.480. The lowest BCUT2D eigenvalue weighted by molar-refractivity contribution is 0.0863. The molecular formula is C13H15BrF2O. The molecule has 1 aliphatic rings. The van der Waals surface area contributed by atoms with E-state index in [2.05, 4.69) is 15.9 Å². The van der Waals surface area contributed by atoms with Gasteiger partial charge in [-0.3, -0.25) is 0 Å². The van der Waals surface area contributed by atoms with Crippen molar-refractivity contribution in [2.24, 2.45) is 11.8 Å². The lowest BCUT2D eigenvalue weighted by Gasteiger charge is -2.23. The van der Waals surface area contributed by atoms with Crippen molar-refractivity contribution in [3.8, 4) is 0 Å². The predicted molar refractivity (Wildman–Crippen MR) is 65.5 cm³/mol. The molecule has 0 heterocycles. The average Bonchev–Trinajstić information content (AvgIpc) is 2.69. The highest BCUT2D eigenvalue weighted by atomic mass is 79.9. The first kappa shape index (κ1) is 13.0. The van der Waals surface area contributed by atoms with Gasteiger partial charge in [-0.25, -0.2) is 8.78 Å². The number of rotatable bonds is 2. The summed E-state index contributed by atoms with van der Waals surface area (Å²) in [7, 11) is 0. The van der Waals surface area contributed by atoms with Crippen LogP contribution in [0.25, 0.3) is 0 Å². The Bertz CT molecular complexity index is 422. The molecule has 0 aliphatic heterocycles. The van der Waals surface area contributed by atoms with Crippen LogP contribution in [0.4, 0.5) is 8.78 Å². The Balaban J connectivity index is 2.30. The molecular weight excluding hydrogens is 290 g/mol. The van der Waals surface area contributed by atoms with Gasteiger partial charge in [0, 0.05) is 5.56 Å². The normalized spacial score (nSPS) is 26.2. The summed E-state index contributed by atoms with van der Waals surface area (Å²) in [5.41, 5.74) is 0.0736. The van der Waals surface area contributed by atoms with E-state index in [0.29, 0.717) is 5.92 Å². The van der Waals surface area contributed by atoms with Gasteiger partial charge >= 0.3 is 0 Å². The van der Waals surface area contributed by atoms with Crippen molar-refractivity contribution in [2.45, 2.75) is 32.3 Å². The molecule has 4 heteroatoms. The van der Waals surface area contributed by atoms with Gasteiger partial charge in [-0.15, -0.1) is 0 Å². The van der Waals surface area contributed by atoms with E-state index in [4.69, 9.17) is 0 Å². The van der Waals surface area contributed by atoms with Crippen molar-refractivity contribution in [3.63, 3.8) is 0 Å². The highest BCUT2D eigenvalue weighted by Crippen LogP contribution is 2.41. The zero-order valence-electron chi connectivity index (χ0n) is 9.59. The van der Waals surface area contributed by atoms with Crippen molar-refractivity contribution in [3.05, 3.63) is 33.8 Å². The zero-order valence-corrected chi connectivity index (χ0v) is 11.2. The van der Waals surface area contributed by atoms with E-state index in [9.17, 15) is 13.9 Å². The van der Waals surface area contributed by atoms with E-state index in [1.54, 1.807) is 0 Å². The molecule has 94 valence electrons. The number of hydrogen-bond acceptors (Lipinski definition) is 1. The van der Waals surface area contributed by atoms with Crippen LogP contribution in [0.1, 0.15) is 37.9 Å². The van der Waals surface area contributed by atoms with E-state index in [1.807, 2.05) is 6.92 Å². The van der Waals surface area contributed by atoms with Crippen LogP contribution >= 0.6 is 15.9 Å². The largest absolute Gasteiger partial charge is 0.388 e. The molecule has 1 nitrogen and oxygen atoms in total. The fourth-order valence-electron chi connectivity index (χ4n) is 2.64. The molecule has 1 fully saturated rings.